The van der Waals surface area contributed by atoms with E-state index in [1.807, 2.05) is 31.2 Å². The Morgan fingerprint density at radius 3 is 2.46 bits per heavy atom. The van der Waals surface area contributed by atoms with E-state index in [0.717, 1.165) is 50.5 Å². The summed E-state index contributed by atoms with van der Waals surface area (Å²) in [5, 5.41) is 0. The molecule has 2 aliphatic carbocycles. The Balaban J connectivity index is 1.34. The Hall–Kier alpha value is -1.92. The molecule has 0 spiro atoms. The van der Waals surface area contributed by atoms with Gasteiger partial charge in [0.25, 0.3) is 0 Å². The number of ether oxygens (including phenoxy) is 1. The van der Waals surface area contributed by atoms with Gasteiger partial charge in [0.2, 0.25) is 15.9 Å². The summed E-state index contributed by atoms with van der Waals surface area (Å²) >= 11 is 0. The van der Waals surface area contributed by atoms with Crippen molar-refractivity contribution in [3.05, 3.63) is 53.2 Å². The van der Waals surface area contributed by atoms with Gasteiger partial charge in [-0.3, -0.25) is 0 Å². The van der Waals surface area contributed by atoms with Crippen LogP contribution < -0.4 is 9.46 Å². The standard InChI is InChI=1S/C22H28N2O3S/c1-16-6-13-22(23-15-16)27-20-10-8-19(9-11-20)24-28(25,26)21-12-7-17-4-2-3-5-18(17)14-21/h6-7,12-15,19-20,24H,2-5,8-11H2,1H3. The van der Waals surface area contributed by atoms with Crippen LogP contribution in [0.3, 0.4) is 0 Å². The lowest BCUT2D eigenvalue weighted by atomic mass is 9.92. The third-order valence-corrected chi connectivity index (χ3v) is 7.32. The minimum atomic E-state index is -3.48. The van der Waals surface area contributed by atoms with Crippen molar-refractivity contribution in [3.8, 4) is 5.88 Å². The van der Waals surface area contributed by atoms with Gasteiger partial charge in [0.1, 0.15) is 6.10 Å². The lowest BCUT2D eigenvalue weighted by Gasteiger charge is -2.29. The second-order valence-corrected chi connectivity index (χ2v) is 9.74. The molecule has 0 bridgehead atoms. The molecule has 0 unspecified atom stereocenters. The number of nitrogens with one attached hydrogen (secondary N) is 1. The Bertz CT molecular complexity index is 917. The average Bonchev–Trinajstić information content (AvgIpc) is 2.70. The lowest BCUT2D eigenvalue weighted by molar-refractivity contribution is 0.138. The van der Waals surface area contributed by atoms with E-state index < -0.39 is 10.0 Å². The number of pyridine rings is 1. The molecule has 150 valence electrons. The molecule has 28 heavy (non-hydrogen) atoms. The molecule has 1 fully saturated rings. The van der Waals surface area contributed by atoms with Crippen LogP contribution in [0.15, 0.2) is 41.4 Å². The van der Waals surface area contributed by atoms with Crippen molar-refractivity contribution in [1.29, 1.82) is 0 Å². The van der Waals surface area contributed by atoms with Crippen molar-refractivity contribution in [2.24, 2.45) is 0 Å². The minimum absolute atomic E-state index is 0.0353. The van der Waals surface area contributed by atoms with Crippen LogP contribution in [0.2, 0.25) is 0 Å². The van der Waals surface area contributed by atoms with E-state index in [2.05, 4.69) is 9.71 Å². The summed E-state index contributed by atoms with van der Waals surface area (Å²) < 4.78 is 34.5. The van der Waals surface area contributed by atoms with Crippen molar-refractivity contribution in [3.63, 3.8) is 0 Å². The molecule has 5 nitrogen and oxygen atoms in total. The smallest absolute Gasteiger partial charge is 0.240 e. The monoisotopic (exact) mass is 400 g/mol. The van der Waals surface area contributed by atoms with Gasteiger partial charge in [0, 0.05) is 18.3 Å². The summed E-state index contributed by atoms with van der Waals surface area (Å²) in [4.78, 5) is 4.69. The van der Waals surface area contributed by atoms with Gasteiger partial charge in [-0.2, -0.15) is 0 Å². The highest BCUT2D eigenvalue weighted by Crippen LogP contribution is 2.26. The Kier molecular flexibility index (Phi) is 5.69. The number of hydrogen-bond acceptors (Lipinski definition) is 4. The van der Waals surface area contributed by atoms with Crippen molar-refractivity contribution in [2.45, 2.75) is 75.3 Å². The normalized spacial score (nSPS) is 22.5. The molecule has 4 rings (SSSR count). The topological polar surface area (TPSA) is 68.3 Å². The summed E-state index contributed by atoms with van der Waals surface area (Å²) in [5.74, 6) is 0.642. The van der Waals surface area contributed by atoms with Crippen molar-refractivity contribution in [1.82, 2.24) is 9.71 Å². The molecule has 0 amide bonds. The van der Waals surface area contributed by atoms with Gasteiger partial charge in [0.15, 0.2) is 0 Å². The minimum Gasteiger partial charge on any atom is -0.474 e. The molecule has 1 aromatic carbocycles. The fourth-order valence-electron chi connectivity index (χ4n) is 4.16. The first-order chi connectivity index (χ1) is 13.5. The van der Waals surface area contributed by atoms with E-state index in [-0.39, 0.29) is 12.1 Å². The first-order valence-corrected chi connectivity index (χ1v) is 11.7. The molecule has 1 aromatic heterocycles. The van der Waals surface area contributed by atoms with Crippen LogP contribution in [0, 0.1) is 6.92 Å². The SMILES string of the molecule is Cc1ccc(OC2CCC(NS(=O)(=O)c3ccc4c(c3)CCCC4)CC2)nc1. The first kappa shape index (κ1) is 19.4. The fraction of sp³-hybridized carbons (Fsp3) is 0.500. The lowest BCUT2D eigenvalue weighted by Crippen LogP contribution is -2.39. The van der Waals surface area contributed by atoms with E-state index in [1.54, 1.807) is 12.3 Å². The summed E-state index contributed by atoms with van der Waals surface area (Å²) in [5.41, 5.74) is 3.59. The van der Waals surface area contributed by atoms with Crippen LogP contribution >= 0.6 is 0 Å². The molecular weight excluding hydrogens is 372 g/mol. The van der Waals surface area contributed by atoms with Crippen molar-refractivity contribution in [2.75, 3.05) is 0 Å². The van der Waals surface area contributed by atoms with Gasteiger partial charge in [-0.15, -0.1) is 0 Å². The zero-order valence-electron chi connectivity index (χ0n) is 16.4. The van der Waals surface area contributed by atoms with Gasteiger partial charge < -0.3 is 4.74 Å². The van der Waals surface area contributed by atoms with Gasteiger partial charge in [-0.25, -0.2) is 18.1 Å². The van der Waals surface area contributed by atoms with E-state index in [1.165, 1.54) is 17.5 Å². The molecule has 0 radical (unpaired) electrons. The Labute approximate surface area is 167 Å². The summed E-state index contributed by atoms with van der Waals surface area (Å²) in [7, 11) is -3.48. The maximum Gasteiger partial charge on any atom is 0.240 e. The molecule has 2 aromatic rings. The molecule has 0 aliphatic heterocycles. The second-order valence-electron chi connectivity index (χ2n) is 8.02. The summed E-state index contributed by atoms with van der Waals surface area (Å²) in [6.07, 6.45) is 9.48. The van der Waals surface area contributed by atoms with Gasteiger partial charge in [0.05, 0.1) is 4.90 Å². The third-order valence-electron chi connectivity index (χ3n) is 5.80. The van der Waals surface area contributed by atoms with Gasteiger partial charge >= 0.3 is 0 Å². The zero-order chi connectivity index (χ0) is 19.6. The number of hydrogen-bond donors (Lipinski definition) is 1. The van der Waals surface area contributed by atoms with Crippen LogP contribution in [-0.4, -0.2) is 25.5 Å². The molecule has 0 saturated heterocycles. The second kappa shape index (κ2) is 8.21. The number of sulfonamides is 1. The number of nitrogens with zero attached hydrogens (tertiary/aromatic N) is 1. The van der Waals surface area contributed by atoms with Crippen LogP contribution in [0.25, 0.3) is 0 Å². The fourth-order valence-corrected chi connectivity index (χ4v) is 5.51. The maximum atomic E-state index is 12.8. The number of rotatable bonds is 5. The number of aromatic nitrogens is 1. The number of fused-ring (bicyclic) bond motifs is 1. The van der Waals surface area contributed by atoms with Crippen molar-refractivity contribution >= 4 is 10.0 Å². The highest BCUT2D eigenvalue weighted by molar-refractivity contribution is 7.89. The van der Waals surface area contributed by atoms with Gasteiger partial charge in [-0.1, -0.05) is 12.1 Å². The largest absolute Gasteiger partial charge is 0.474 e. The van der Waals surface area contributed by atoms with E-state index in [4.69, 9.17) is 4.74 Å². The van der Waals surface area contributed by atoms with Crippen molar-refractivity contribution < 1.29 is 13.2 Å². The molecule has 1 N–H and O–H groups in total. The highest BCUT2D eigenvalue weighted by Gasteiger charge is 2.27. The zero-order valence-corrected chi connectivity index (χ0v) is 17.2. The number of benzene rings is 1. The van der Waals surface area contributed by atoms with Gasteiger partial charge in [-0.05, 0) is 87.1 Å². The van der Waals surface area contributed by atoms with E-state index >= 15 is 0 Å². The van der Waals surface area contributed by atoms with Crippen LogP contribution in [0.1, 0.15) is 55.2 Å². The molecule has 1 heterocycles. The summed E-state index contributed by atoms with van der Waals surface area (Å²) in [6.45, 7) is 2.00. The Morgan fingerprint density at radius 1 is 1.00 bits per heavy atom. The summed E-state index contributed by atoms with van der Waals surface area (Å²) in [6, 6.07) is 9.45. The van der Waals surface area contributed by atoms with Crippen LogP contribution in [0.4, 0.5) is 0 Å². The number of aryl methyl sites for hydroxylation is 3. The third kappa shape index (κ3) is 4.55. The molecular formula is C22H28N2O3S. The van der Waals surface area contributed by atoms with Crippen LogP contribution in [-0.2, 0) is 22.9 Å². The van der Waals surface area contributed by atoms with E-state index in [0.29, 0.717) is 10.8 Å². The maximum absolute atomic E-state index is 12.8. The molecule has 6 heteroatoms. The Morgan fingerprint density at radius 2 is 1.75 bits per heavy atom. The molecule has 1 saturated carbocycles. The van der Waals surface area contributed by atoms with Crippen LogP contribution in [0.5, 0.6) is 5.88 Å². The molecule has 0 atom stereocenters. The predicted molar refractivity (Wildman–Crippen MR) is 109 cm³/mol. The quantitative estimate of drug-likeness (QED) is 0.825. The first-order valence-electron chi connectivity index (χ1n) is 10.2. The molecule has 2 aliphatic rings. The van der Waals surface area contributed by atoms with E-state index in [9.17, 15) is 8.42 Å². The highest BCUT2D eigenvalue weighted by atomic mass is 32.2. The predicted octanol–water partition coefficient (Wildman–Crippen LogP) is 3.94. The average molecular weight is 401 g/mol.